The van der Waals surface area contributed by atoms with E-state index in [1.807, 2.05) is 47.8 Å². The highest BCUT2D eigenvalue weighted by molar-refractivity contribution is 7.12. The van der Waals surface area contributed by atoms with Crippen LogP contribution in [0.4, 0.5) is 10.1 Å². The molecular weight excluding hydrogens is 437 g/mol. The van der Waals surface area contributed by atoms with E-state index in [1.165, 1.54) is 28.9 Å². The summed E-state index contributed by atoms with van der Waals surface area (Å²) >= 11 is 1.36. The number of fused-ring (bicyclic) bond motifs is 1. The predicted octanol–water partition coefficient (Wildman–Crippen LogP) is 6.12. The number of thiophene rings is 1. The van der Waals surface area contributed by atoms with Crippen molar-refractivity contribution in [3.63, 3.8) is 0 Å². The summed E-state index contributed by atoms with van der Waals surface area (Å²) in [5, 5.41) is 11.3. The molecule has 1 amide bonds. The van der Waals surface area contributed by atoms with Crippen molar-refractivity contribution in [3.8, 4) is 5.75 Å². The summed E-state index contributed by atoms with van der Waals surface area (Å²) in [4.78, 5) is 13.2. The number of carbonyl (C=O) groups is 1. The molecule has 0 aliphatic carbocycles. The van der Waals surface area contributed by atoms with Crippen LogP contribution < -0.4 is 10.1 Å². The number of nitrogens with one attached hydrogen (secondary N) is 1. The maximum atomic E-state index is 13.4. The number of anilines is 1. The number of halogens is 1. The Labute approximate surface area is 194 Å². The van der Waals surface area contributed by atoms with Crippen LogP contribution in [0.3, 0.4) is 0 Å². The average Bonchev–Trinajstić information content (AvgIpc) is 3.47. The highest BCUT2D eigenvalue weighted by Crippen LogP contribution is 2.23. The van der Waals surface area contributed by atoms with Crippen LogP contribution in [0.1, 0.15) is 20.8 Å². The first kappa shape index (κ1) is 20.9. The predicted molar refractivity (Wildman–Crippen MR) is 128 cm³/mol. The molecule has 2 aromatic heterocycles. The summed E-state index contributed by atoms with van der Waals surface area (Å²) in [6, 6.07) is 22.3. The Hall–Kier alpha value is -3.97. The standard InChI is InChI=1S/C26H20FN3O2S/c27-22-7-3-4-18(10-22)14-30-15-23(13-28-30)29-26(31)25-11-19(17-33-25)16-32-24-9-8-20-5-1-2-6-21(20)12-24/h1-13,15,17H,14,16H2,(H,29,31). The zero-order valence-electron chi connectivity index (χ0n) is 17.6. The SMILES string of the molecule is O=C(Nc1cnn(Cc2cccc(F)c2)c1)c1cc(COc2ccc3ccccc3c2)cs1. The number of amides is 1. The minimum absolute atomic E-state index is 0.206. The fourth-order valence-corrected chi connectivity index (χ4v) is 4.32. The molecule has 0 spiro atoms. The fourth-order valence-electron chi connectivity index (χ4n) is 3.52. The van der Waals surface area contributed by atoms with E-state index in [4.69, 9.17) is 4.74 Å². The molecule has 33 heavy (non-hydrogen) atoms. The van der Waals surface area contributed by atoms with E-state index in [2.05, 4.69) is 22.5 Å². The minimum Gasteiger partial charge on any atom is -0.489 e. The monoisotopic (exact) mass is 457 g/mol. The van der Waals surface area contributed by atoms with Gasteiger partial charge in [0.25, 0.3) is 5.91 Å². The molecule has 0 saturated heterocycles. The lowest BCUT2D eigenvalue weighted by Crippen LogP contribution is -2.09. The van der Waals surface area contributed by atoms with Gasteiger partial charge in [0.05, 0.1) is 23.3 Å². The second-order valence-corrected chi connectivity index (χ2v) is 8.54. The van der Waals surface area contributed by atoms with Crippen molar-refractivity contribution in [1.82, 2.24) is 9.78 Å². The Kier molecular flexibility index (Phi) is 5.87. The van der Waals surface area contributed by atoms with Gasteiger partial charge in [-0.05, 0) is 52.0 Å². The third-order valence-corrected chi connectivity index (χ3v) is 6.11. The highest BCUT2D eigenvalue weighted by Gasteiger charge is 2.11. The molecule has 0 unspecified atom stereocenters. The van der Waals surface area contributed by atoms with Gasteiger partial charge in [-0.1, -0.05) is 42.5 Å². The molecule has 5 nitrogen and oxygen atoms in total. The Balaban J connectivity index is 1.18. The zero-order chi connectivity index (χ0) is 22.6. The maximum Gasteiger partial charge on any atom is 0.265 e. The quantitative estimate of drug-likeness (QED) is 0.320. The van der Waals surface area contributed by atoms with Gasteiger partial charge < -0.3 is 10.1 Å². The summed E-state index contributed by atoms with van der Waals surface area (Å²) in [6.45, 7) is 0.802. The number of nitrogens with zero attached hydrogens (tertiary/aromatic N) is 2. The molecule has 0 aliphatic rings. The number of hydrogen-bond donors (Lipinski definition) is 1. The van der Waals surface area contributed by atoms with E-state index in [9.17, 15) is 9.18 Å². The van der Waals surface area contributed by atoms with Crippen molar-refractivity contribution >= 4 is 33.7 Å². The molecule has 0 aliphatic heterocycles. The number of ether oxygens (including phenoxy) is 1. The Morgan fingerprint density at radius 2 is 1.88 bits per heavy atom. The highest BCUT2D eigenvalue weighted by atomic mass is 32.1. The molecule has 0 atom stereocenters. The van der Waals surface area contributed by atoms with E-state index in [0.29, 0.717) is 23.7 Å². The molecule has 0 saturated carbocycles. The number of benzene rings is 3. The average molecular weight is 458 g/mol. The Bertz CT molecular complexity index is 1430. The molecule has 164 valence electrons. The topological polar surface area (TPSA) is 56.2 Å². The van der Waals surface area contributed by atoms with Crippen LogP contribution >= 0.6 is 11.3 Å². The molecule has 7 heteroatoms. The van der Waals surface area contributed by atoms with Crippen LogP contribution in [0.5, 0.6) is 5.75 Å². The van der Waals surface area contributed by atoms with E-state index in [0.717, 1.165) is 22.3 Å². The van der Waals surface area contributed by atoms with Gasteiger partial charge in [-0.3, -0.25) is 9.48 Å². The van der Waals surface area contributed by atoms with Crippen LogP contribution in [0.25, 0.3) is 10.8 Å². The van der Waals surface area contributed by atoms with Crippen LogP contribution in [-0.4, -0.2) is 15.7 Å². The summed E-state index contributed by atoms with van der Waals surface area (Å²) < 4.78 is 20.9. The maximum absolute atomic E-state index is 13.4. The van der Waals surface area contributed by atoms with Gasteiger partial charge in [-0.25, -0.2) is 4.39 Å². The van der Waals surface area contributed by atoms with Crippen LogP contribution in [0.15, 0.2) is 90.6 Å². The lowest BCUT2D eigenvalue weighted by atomic mass is 10.1. The van der Waals surface area contributed by atoms with Gasteiger partial charge in [-0.15, -0.1) is 11.3 Å². The van der Waals surface area contributed by atoms with Crippen molar-refractivity contribution in [2.24, 2.45) is 0 Å². The van der Waals surface area contributed by atoms with Crippen LogP contribution in [0.2, 0.25) is 0 Å². The summed E-state index contributed by atoms with van der Waals surface area (Å²) in [5.74, 6) is 0.296. The molecule has 2 heterocycles. The molecule has 3 aromatic carbocycles. The first-order valence-electron chi connectivity index (χ1n) is 10.4. The number of rotatable bonds is 7. The van der Waals surface area contributed by atoms with Gasteiger partial charge in [-0.2, -0.15) is 5.10 Å². The fraction of sp³-hybridized carbons (Fsp3) is 0.0769. The third kappa shape index (κ3) is 5.10. The largest absolute Gasteiger partial charge is 0.489 e. The van der Waals surface area contributed by atoms with Gasteiger partial charge in [0, 0.05) is 11.8 Å². The van der Waals surface area contributed by atoms with Gasteiger partial charge in [0.2, 0.25) is 0 Å². The smallest absolute Gasteiger partial charge is 0.265 e. The Morgan fingerprint density at radius 1 is 1.00 bits per heavy atom. The van der Waals surface area contributed by atoms with Gasteiger partial charge in [0.15, 0.2) is 0 Å². The second kappa shape index (κ2) is 9.26. The molecule has 1 N–H and O–H groups in total. The van der Waals surface area contributed by atoms with E-state index < -0.39 is 0 Å². The number of hydrogen-bond acceptors (Lipinski definition) is 4. The lowest BCUT2D eigenvalue weighted by Gasteiger charge is -2.06. The van der Waals surface area contributed by atoms with Gasteiger partial charge in [0.1, 0.15) is 18.2 Å². The molecule has 5 rings (SSSR count). The second-order valence-electron chi connectivity index (χ2n) is 7.63. The minimum atomic E-state index is -0.286. The zero-order valence-corrected chi connectivity index (χ0v) is 18.4. The first-order chi connectivity index (χ1) is 16.1. The van der Waals surface area contributed by atoms with Crippen molar-refractivity contribution in [2.45, 2.75) is 13.2 Å². The summed E-state index contributed by atoms with van der Waals surface area (Å²) in [5.41, 5.74) is 2.31. The molecule has 0 bridgehead atoms. The summed E-state index contributed by atoms with van der Waals surface area (Å²) in [6.07, 6.45) is 3.30. The number of carbonyl (C=O) groups excluding carboxylic acids is 1. The molecule has 0 fully saturated rings. The van der Waals surface area contributed by atoms with Crippen molar-refractivity contribution < 1.29 is 13.9 Å². The van der Waals surface area contributed by atoms with E-state index in [1.54, 1.807) is 23.1 Å². The van der Waals surface area contributed by atoms with Crippen LogP contribution in [-0.2, 0) is 13.2 Å². The lowest BCUT2D eigenvalue weighted by molar-refractivity contribution is 0.103. The normalized spacial score (nSPS) is 10.9. The van der Waals surface area contributed by atoms with Crippen molar-refractivity contribution in [1.29, 1.82) is 0 Å². The third-order valence-electron chi connectivity index (χ3n) is 5.13. The Morgan fingerprint density at radius 3 is 2.76 bits per heavy atom. The summed E-state index contributed by atoms with van der Waals surface area (Å²) in [7, 11) is 0. The number of aromatic nitrogens is 2. The van der Waals surface area contributed by atoms with Gasteiger partial charge >= 0.3 is 0 Å². The molecular formula is C26H20FN3O2S. The first-order valence-corrected chi connectivity index (χ1v) is 11.3. The van der Waals surface area contributed by atoms with Crippen LogP contribution in [0, 0.1) is 5.82 Å². The van der Waals surface area contributed by atoms with Crippen molar-refractivity contribution in [3.05, 3.63) is 112 Å². The molecule has 0 radical (unpaired) electrons. The van der Waals surface area contributed by atoms with E-state index >= 15 is 0 Å². The van der Waals surface area contributed by atoms with E-state index in [-0.39, 0.29) is 11.7 Å². The molecule has 5 aromatic rings. The van der Waals surface area contributed by atoms with Crippen molar-refractivity contribution in [2.75, 3.05) is 5.32 Å².